The summed E-state index contributed by atoms with van der Waals surface area (Å²) in [6.07, 6.45) is 4.06. The van der Waals surface area contributed by atoms with E-state index in [0.29, 0.717) is 18.8 Å². The lowest BCUT2D eigenvalue weighted by molar-refractivity contribution is -0.337. The maximum Gasteiger partial charge on any atom is 0.210 e. The molecule has 0 bridgehead atoms. The standard InChI is InChI=1S/C22H34F2N4O2.C3H6.C2H6/c1-16(2)10-12-27-21(15-19-8-6-9-20(14-19)30-28(23)24)25-17(3)22(27)18(4)26(5)11-7-13-29;1-3-2;1-2/h6,8-9,14,16,21,25,29H,4,7,10-13,15H2,1-3,5H3;3H,1H2,2H3;1-2H3. The van der Waals surface area contributed by atoms with Gasteiger partial charge in [-0.05, 0) is 50.3 Å². The monoisotopic (exact) mass is 496 g/mol. The van der Waals surface area contributed by atoms with Crippen molar-refractivity contribution in [3.05, 3.63) is 66.2 Å². The van der Waals surface area contributed by atoms with Gasteiger partial charge in [-0.25, -0.2) is 0 Å². The molecule has 0 saturated carbocycles. The summed E-state index contributed by atoms with van der Waals surface area (Å²) < 4.78 is 24.8. The maximum absolute atomic E-state index is 12.4. The average Bonchev–Trinajstić information content (AvgIpc) is 3.11. The molecule has 1 aliphatic heterocycles. The van der Waals surface area contributed by atoms with Crippen LogP contribution < -0.4 is 10.2 Å². The molecule has 1 heterocycles. The number of benzene rings is 1. The van der Waals surface area contributed by atoms with Gasteiger partial charge in [0, 0.05) is 38.9 Å². The van der Waals surface area contributed by atoms with Crippen LogP contribution in [0.4, 0.5) is 8.96 Å². The van der Waals surface area contributed by atoms with Crippen LogP contribution in [0.5, 0.6) is 5.75 Å². The number of nitrogens with one attached hydrogen (secondary N) is 1. The molecule has 1 aliphatic rings. The molecule has 1 aromatic rings. The van der Waals surface area contributed by atoms with E-state index in [9.17, 15) is 8.96 Å². The number of hydrogen-bond donors (Lipinski definition) is 2. The Morgan fingerprint density at radius 2 is 1.94 bits per heavy atom. The average molecular weight is 497 g/mol. The van der Waals surface area contributed by atoms with Gasteiger partial charge in [-0.3, -0.25) is 0 Å². The van der Waals surface area contributed by atoms with E-state index in [1.54, 1.807) is 18.2 Å². The van der Waals surface area contributed by atoms with Crippen LogP contribution in [-0.4, -0.2) is 53.3 Å². The Bertz CT molecular complexity index is 784. The zero-order chi connectivity index (χ0) is 27.0. The Morgan fingerprint density at radius 1 is 1.31 bits per heavy atom. The smallest absolute Gasteiger partial charge is 0.210 e. The summed E-state index contributed by atoms with van der Waals surface area (Å²) in [5.41, 5.74) is 2.61. The highest BCUT2D eigenvalue weighted by atomic mass is 19.4. The number of likely N-dealkylation sites (N-methyl/N-ethyl adjacent to an activating group) is 1. The summed E-state index contributed by atoms with van der Waals surface area (Å²) in [5.74, 6) is 0.646. The summed E-state index contributed by atoms with van der Waals surface area (Å²) in [6.45, 7) is 21.7. The van der Waals surface area contributed by atoms with Crippen molar-refractivity contribution < 1.29 is 18.9 Å². The normalized spacial score (nSPS) is 14.6. The predicted octanol–water partition coefficient (Wildman–Crippen LogP) is 6.15. The summed E-state index contributed by atoms with van der Waals surface area (Å²) in [5, 5.41) is 12.7. The van der Waals surface area contributed by atoms with Crippen LogP contribution in [0.15, 0.2) is 60.6 Å². The van der Waals surface area contributed by atoms with Crippen molar-refractivity contribution in [2.24, 2.45) is 5.92 Å². The third kappa shape index (κ3) is 11.6. The third-order valence-electron chi connectivity index (χ3n) is 5.24. The van der Waals surface area contributed by atoms with Gasteiger partial charge in [-0.1, -0.05) is 61.4 Å². The SMILES string of the molecule is C=C(C1=C(C)NC(Cc2cccc(ON(F)F)c2)N1CCC(C)C)N(C)CCCO.C=CC.CC. The lowest BCUT2D eigenvalue weighted by Crippen LogP contribution is -2.41. The second kappa shape index (κ2) is 17.8. The summed E-state index contributed by atoms with van der Waals surface area (Å²) >= 11 is 0. The van der Waals surface area contributed by atoms with E-state index >= 15 is 0 Å². The van der Waals surface area contributed by atoms with Crippen LogP contribution in [-0.2, 0) is 6.42 Å². The van der Waals surface area contributed by atoms with E-state index in [-0.39, 0.29) is 18.5 Å². The van der Waals surface area contributed by atoms with Crippen LogP contribution in [0.1, 0.15) is 59.9 Å². The number of halogens is 2. The van der Waals surface area contributed by atoms with Crippen molar-refractivity contribution >= 4 is 0 Å². The van der Waals surface area contributed by atoms with Crippen LogP contribution in [0.2, 0.25) is 0 Å². The molecule has 2 N–H and O–H groups in total. The van der Waals surface area contributed by atoms with Crippen molar-refractivity contribution in [2.45, 2.75) is 67.0 Å². The van der Waals surface area contributed by atoms with Crippen LogP contribution >= 0.6 is 0 Å². The number of rotatable bonds is 12. The summed E-state index contributed by atoms with van der Waals surface area (Å²) in [7, 11) is 1.98. The van der Waals surface area contributed by atoms with E-state index < -0.39 is 5.51 Å². The molecule has 0 aliphatic carbocycles. The second-order valence-electron chi connectivity index (χ2n) is 8.51. The molecule has 35 heavy (non-hydrogen) atoms. The van der Waals surface area contributed by atoms with Crippen LogP contribution in [0, 0.1) is 5.92 Å². The van der Waals surface area contributed by atoms with Crippen molar-refractivity contribution in [1.29, 1.82) is 0 Å². The van der Waals surface area contributed by atoms with Gasteiger partial charge in [0.25, 0.3) is 0 Å². The molecule has 6 nitrogen and oxygen atoms in total. The molecule has 2 rings (SSSR count). The maximum atomic E-state index is 12.4. The Kier molecular flexibility index (Phi) is 16.5. The van der Waals surface area contributed by atoms with Gasteiger partial charge in [0.15, 0.2) is 5.75 Å². The van der Waals surface area contributed by atoms with Crippen molar-refractivity contribution in [1.82, 2.24) is 20.6 Å². The zero-order valence-corrected chi connectivity index (χ0v) is 22.7. The predicted molar refractivity (Wildman–Crippen MR) is 141 cm³/mol. The molecule has 0 spiro atoms. The third-order valence-corrected chi connectivity index (χ3v) is 5.24. The minimum Gasteiger partial charge on any atom is -0.396 e. The lowest BCUT2D eigenvalue weighted by atomic mass is 10.1. The molecule has 1 atom stereocenters. The fourth-order valence-corrected chi connectivity index (χ4v) is 3.63. The largest absolute Gasteiger partial charge is 0.396 e. The molecule has 8 heteroatoms. The number of aliphatic hydroxyl groups excluding tert-OH is 1. The van der Waals surface area contributed by atoms with Gasteiger partial charge >= 0.3 is 0 Å². The van der Waals surface area contributed by atoms with Gasteiger partial charge in [0.2, 0.25) is 5.51 Å². The van der Waals surface area contributed by atoms with Crippen LogP contribution in [0.25, 0.3) is 0 Å². The van der Waals surface area contributed by atoms with Gasteiger partial charge < -0.3 is 25.1 Å². The van der Waals surface area contributed by atoms with E-state index in [1.165, 1.54) is 6.07 Å². The molecule has 200 valence electrons. The fourth-order valence-electron chi connectivity index (χ4n) is 3.63. The molecule has 0 aromatic heterocycles. The highest BCUT2D eigenvalue weighted by Gasteiger charge is 2.31. The Labute approximate surface area is 211 Å². The van der Waals surface area contributed by atoms with E-state index in [2.05, 4.69) is 47.0 Å². The highest BCUT2D eigenvalue weighted by Crippen LogP contribution is 2.30. The Morgan fingerprint density at radius 3 is 2.49 bits per heavy atom. The first-order chi connectivity index (χ1) is 16.6. The first-order valence-electron chi connectivity index (χ1n) is 12.4. The second-order valence-corrected chi connectivity index (χ2v) is 8.51. The first kappa shape index (κ1) is 32.4. The molecule has 0 radical (unpaired) electrons. The fraction of sp³-hybridized carbons (Fsp3) is 0.556. The minimum absolute atomic E-state index is 0.0103. The summed E-state index contributed by atoms with van der Waals surface area (Å²) in [4.78, 5) is 8.77. The molecule has 0 fully saturated rings. The number of allylic oxidation sites excluding steroid dienone is 2. The lowest BCUT2D eigenvalue weighted by Gasteiger charge is -2.33. The quantitative estimate of drug-likeness (QED) is 0.206. The van der Waals surface area contributed by atoms with Gasteiger partial charge in [-0.2, -0.15) is 0 Å². The van der Waals surface area contributed by atoms with Crippen molar-refractivity contribution in [3.8, 4) is 5.75 Å². The highest BCUT2D eigenvalue weighted by molar-refractivity contribution is 5.36. The van der Waals surface area contributed by atoms with E-state index in [1.807, 2.05) is 40.8 Å². The first-order valence-corrected chi connectivity index (χ1v) is 12.4. The molecule has 0 saturated heterocycles. The topological polar surface area (TPSA) is 51.2 Å². The molecule has 1 aromatic carbocycles. The van der Waals surface area contributed by atoms with E-state index in [4.69, 9.17) is 5.11 Å². The minimum atomic E-state index is -1.29. The molecule has 0 amide bonds. The zero-order valence-electron chi connectivity index (χ0n) is 22.7. The van der Waals surface area contributed by atoms with E-state index in [0.717, 1.165) is 42.2 Å². The van der Waals surface area contributed by atoms with Gasteiger partial charge in [0.1, 0.15) is 6.17 Å². The molecular weight excluding hydrogens is 450 g/mol. The summed E-state index contributed by atoms with van der Waals surface area (Å²) in [6, 6.07) is 6.75. The number of nitrogens with zero attached hydrogens (tertiary/aromatic N) is 3. The Balaban J connectivity index is 0.00000214. The van der Waals surface area contributed by atoms with Crippen LogP contribution in [0.3, 0.4) is 0 Å². The Hall–Kier alpha value is -2.58. The van der Waals surface area contributed by atoms with Crippen molar-refractivity contribution in [2.75, 3.05) is 26.7 Å². The van der Waals surface area contributed by atoms with Gasteiger partial charge in [-0.15, -0.1) is 6.58 Å². The van der Waals surface area contributed by atoms with Gasteiger partial charge in [0.05, 0.1) is 11.4 Å². The molecular formula is C27H46F2N4O2. The molecule has 1 unspecified atom stereocenters. The van der Waals surface area contributed by atoms with Crippen molar-refractivity contribution in [3.63, 3.8) is 0 Å². The number of aliphatic hydroxyl groups is 1. The number of hydrogen-bond acceptors (Lipinski definition) is 6.